The lowest BCUT2D eigenvalue weighted by atomic mass is 10.1. The van der Waals surface area contributed by atoms with Gasteiger partial charge in [0.2, 0.25) is 0 Å². The number of nitrogens with zero attached hydrogens (tertiary/aromatic N) is 4. The van der Waals surface area contributed by atoms with Gasteiger partial charge in [-0.15, -0.1) is 0 Å². The monoisotopic (exact) mass is 1540 g/mol. The van der Waals surface area contributed by atoms with E-state index in [2.05, 4.69) is 37.6 Å². The van der Waals surface area contributed by atoms with Gasteiger partial charge in [-0.05, 0) is 64.5 Å². The fourth-order valence-corrected chi connectivity index (χ4v) is 14.4. The second-order valence-corrected chi connectivity index (χ2v) is 31.3. The van der Waals surface area contributed by atoms with Gasteiger partial charge in [-0.25, -0.2) is 0 Å². The number of rotatable bonds is 74. The van der Waals surface area contributed by atoms with E-state index in [4.69, 9.17) is 47.7 Å². The molecule has 0 heterocycles. The lowest BCUT2D eigenvalue weighted by molar-refractivity contribution is -0.154. The largest absolute Gasteiger partial charge is 0.463 e. The fraction of sp³-hybridized carbons (Fsp3) is 0.882. The van der Waals surface area contributed by atoms with Crippen LogP contribution in [0.4, 0.5) is 0 Å². The topological polar surface area (TPSA) is 270 Å². The van der Waals surface area contributed by atoms with Gasteiger partial charge in [-0.2, -0.15) is 47.0 Å². The van der Waals surface area contributed by atoms with Crippen LogP contribution in [0.3, 0.4) is 0 Å². The van der Waals surface area contributed by atoms with Crippen molar-refractivity contribution in [3.63, 3.8) is 0 Å². The summed E-state index contributed by atoms with van der Waals surface area (Å²) in [4.78, 5) is 122. The first-order valence-electron chi connectivity index (χ1n) is 38.9. The molecule has 0 aromatic heterocycles. The molecular weight excluding hydrogens is 1400 g/mol. The summed E-state index contributed by atoms with van der Waals surface area (Å²) in [5, 5.41) is 9.08. The van der Waals surface area contributed by atoms with Crippen molar-refractivity contribution >= 4 is 101 Å². The van der Waals surface area contributed by atoms with Gasteiger partial charge >= 0.3 is 53.7 Å². The Hall–Kier alpha value is -3.57. The maximum Gasteiger partial charge on any atom is 0.309 e. The number of thioether (sulfide) groups is 4. The highest BCUT2D eigenvalue weighted by molar-refractivity contribution is 7.99. The number of aliphatic hydroxyl groups excluding tert-OH is 1. The van der Waals surface area contributed by atoms with Crippen LogP contribution in [-0.2, 0) is 85.8 Å². The molecule has 0 aliphatic carbocycles. The summed E-state index contributed by atoms with van der Waals surface area (Å²) in [6.45, 7) is 18.1. The molecule has 0 rings (SSSR count). The summed E-state index contributed by atoms with van der Waals surface area (Å²) in [6, 6.07) is 0. The molecule has 0 saturated carbocycles. The van der Waals surface area contributed by atoms with Crippen LogP contribution in [0.25, 0.3) is 0 Å². The second kappa shape index (κ2) is 71.4. The molecule has 23 nitrogen and oxygen atoms in total. The quantitative estimate of drug-likeness (QED) is 0.0337. The van der Waals surface area contributed by atoms with Crippen molar-refractivity contribution < 1.29 is 90.9 Å². The first-order chi connectivity index (χ1) is 49.8. The highest BCUT2D eigenvalue weighted by Gasteiger charge is 2.22. The van der Waals surface area contributed by atoms with Gasteiger partial charge in [0.1, 0.15) is 59.5 Å². The van der Waals surface area contributed by atoms with E-state index in [1.54, 1.807) is 37.4 Å². The van der Waals surface area contributed by atoms with Crippen molar-refractivity contribution in [3.8, 4) is 0 Å². The maximum absolute atomic E-state index is 13.0. The van der Waals surface area contributed by atoms with Gasteiger partial charge in [0.05, 0.1) is 62.4 Å². The third kappa shape index (κ3) is 64.2. The molecule has 0 saturated heterocycles. The number of ether oxygens (including phenoxy) is 9. The molecule has 0 fully saturated rings. The SMILES string of the molecule is CCCCCCCCCCCCSCC(C)C(=O)OCCOC(=O)CCN(CCSCC(C)C(=O)OCCOC(=O)CCN(CCSCC(C)C(=O)OCCOC(=O)CCN(C)CCCN(C)CC)CCC(=O)OCCO)CCC(=O)OCCOC(=O)C(C)CSCCCCCCCCCCCC. The number of esters is 9. The Balaban J connectivity index is 5.07. The van der Waals surface area contributed by atoms with Gasteiger partial charge in [0, 0.05) is 80.3 Å². The Labute approximate surface area is 638 Å². The van der Waals surface area contributed by atoms with E-state index < -0.39 is 47.7 Å². The molecule has 103 heavy (non-hydrogen) atoms. The molecule has 1 N–H and O–H groups in total. The van der Waals surface area contributed by atoms with Crippen LogP contribution in [0.2, 0.25) is 0 Å². The number of hydrogen-bond acceptors (Lipinski definition) is 27. The molecule has 0 aromatic carbocycles. The van der Waals surface area contributed by atoms with E-state index >= 15 is 0 Å². The molecule has 0 aliphatic rings. The van der Waals surface area contributed by atoms with Gasteiger partial charge < -0.3 is 67.3 Å². The van der Waals surface area contributed by atoms with Crippen LogP contribution in [0, 0.1) is 23.7 Å². The predicted molar refractivity (Wildman–Crippen MR) is 417 cm³/mol. The molecule has 0 aromatic rings. The minimum Gasteiger partial charge on any atom is -0.463 e. The molecule has 0 radical (unpaired) electrons. The number of carbonyl (C=O) groups is 9. The highest BCUT2D eigenvalue weighted by Crippen LogP contribution is 2.19. The summed E-state index contributed by atoms with van der Waals surface area (Å²) < 4.78 is 48.1. The average Bonchev–Trinajstić information content (AvgIpc) is 1.43. The number of aliphatic hydroxyl groups is 1. The Morgan fingerprint density at radius 2 is 0.544 bits per heavy atom. The molecule has 4 atom stereocenters. The van der Waals surface area contributed by atoms with E-state index in [-0.39, 0.29) is 154 Å². The van der Waals surface area contributed by atoms with Gasteiger partial charge in [-0.3, -0.25) is 43.2 Å². The molecular formula is C76H140N4O19S4. The van der Waals surface area contributed by atoms with Crippen LogP contribution in [0.5, 0.6) is 0 Å². The van der Waals surface area contributed by atoms with Crippen molar-refractivity contribution in [2.24, 2.45) is 23.7 Å². The van der Waals surface area contributed by atoms with Crippen LogP contribution in [0.15, 0.2) is 0 Å². The van der Waals surface area contributed by atoms with Crippen LogP contribution in [-0.4, -0.2) is 270 Å². The Kier molecular flexibility index (Phi) is 68.9. The minimum absolute atomic E-state index is 0.0112. The smallest absolute Gasteiger partial charge is 0.309 e. The third-order valence-electron chi connectivity index (χ3n) is 17.0. The fourth-order valence-electron chi connectivity index (χ4n) is 10.2. The second-order valence-electron chi connectivity index (χ2n) is 26.7. The first kappa shape index (κ1) is 99.4. The minimum atomic E-state index is -0.526. The molecule has 0 aliphatic heterocycles. The molecule has 0 amide bonds. The van der Waals surface area contributed by atoms with E-state index in [9.17, 15) is 43.2 Å². The van der Waals surface area contributed by atoms with Crippen molar-refractivity contribution in [3.05, 3.63) is 0 Å². The molecule has 0 bridgehead atoms. The molecule has 0 spiro atoms. The van der Waals surface area contributed by atoms with Crippen molar-refractivity contribution in [1.82, 2.24) is 19.6 Å². The number of unbranched alkanes of at least 4 members (excludes halogenated alkanes) is 18. The van der Waals surface area contributed by atoms with Crippen LogP contribution < -0.4 is 0 Å². The normalized spacial score (nSPS) is 12.6. The van der Waals surface area contributed by atoms with Crippen molar-refractivity contribution in [2.75, 3.05) is 192 Å². The Morgan fingerprint density at radius 3 is 0.835 bits per heavy atom. The van der Waals surface area contributed by atoms with Crippen molar-refractivity contribution in [1.29, 1.82) is 0 Å². The predicted octanol–water partition coefficient (Wildman–Crippen LogP) is 12.0. The zero-order chi connectivity index (χ0) is 76.2. The van der Waals surface area contributed by atoms with Gasteiger partial charge in [0.15, 0.2) is 0 Å². The standard InChI is InChI=1S/C76H140N4O19S4/c1-10-13-15-17-19-21-23-25-27-29-56-100-60-64(4)73(87)96-53-49-93-71(85)35-42-80(43-36-72(86)94-50-54-97-74(88)65(5)61-101-57-30-28-26-24-22-20-18-16-14-11-2)45-59-103-63-67(7)76(90)99-55-51-95-70(84)34-41-79(40-33-69(83)91-47-46-81)44-58-102-62-66(6)75(89)98-52-48-92-68(82)32-39-78(9)38-31-37-77(8)12-3/h64-67,81H,10-63H2,1-9H3. The van der Waals surface area contributed by atoms with E-state index in [1.807, 2.05) is 30.7 Å². The zero-order valence-electron chi connectivity index (χ0n) is 65.2. The first-order valence-corrected chi connectivity index (χ1v) is 43.6. The zero-order valence-corrected chi connectivity index (χ0v) is 68.5. The van der Waals surface area contributed by atoms with Gasteiger partial charge in [0.25, 0.3) is 0 Å². The summed E-state index contributed by atoms with van der Waals surface area (Å²) in [5.41, 5.74) is 0. The molecule has 27 heteroatoms. The summed E-state index contributed by atoms with van der Waals surface area (Å²) in [6.07, 6.45) is 26.9. The lowest BCUT2D eigenvalue weighted by Crippen LogP contribution is -2.32. The number of carbonyl (C=O) groups excluding carboxylic acids is 9. The highest BCUT2D eigenvalue weighted by atomic mass is 32.2. The van der Waals surface area contributed by atoms with E-state index in [0.29, 0.717) is 54.2 Å². The molecule has 602 valence electrons. The van der Waals surface area contributed by atoms with Crippen molar-refractivity contribution in [2.45, 2.75) is 215 Å². The van der Waals surface area contributed by atoms with E-state index in [0.717, 1.165) is 50.4 Å². The number of hydrogen-bond donors (Lipinski definition) is 1. The van der Waals surface area contributed by atoms with Crippen LogP contribution in [0.1, 0.15) is 215 Å². The molecule has 4 unspecified atom stereocenters. The summed E-state index contributed by atoms with van der Waals surface area (Å²) >= 11 is 6.52. The lowest BCUT2D eigenvalue weighted by Gasteiger charge is -2.22. The average molecular weight is 1540 g/mol. The Morgan fingerprint density at radius 1 is 0.291 bits per heavy atom. The van der Waals surface area contributed by atoms with Gasteiger partial charge in [-0.1, -0.05) is 164 Å². The summed E-state index contributed by atoms with van der Waals surface area (Å²) in [5.74, 6) is -0.0460. The third-order valence-corrected chi connectivity index (χ3v) is 22.1. The Bertz CT molecular complexity index is 2090. The van der Waals surface area contributed by atoms with E-state index in [1.165, 1.54) is 139 Å². The van der Waals surface area contributed by atoms with Crippen LogP contribution >= 0.6 is 47.0 Å². The summed E-state index contributed by atoms with van der Waals surface area (Å²) in [7, 11) is 4.04. The maximum atomic E-state index is 13.0.